The Hall–Kier alpha value is -2.56. The van der Waals surface area contributed by atoms with Crippen LogP contribution >= 0.6 is 0 Å². The van der Waals surface area contributed by atoms with Crippen LogP contribution in [0.15, 0.2) is 36.5 Å². The zero-order chi connectivity index (χ0) is 15.4. The first-order valence-corrected chi connectivity index (χ1v) is 6.66. The zero-order valence-corrected chi connectivity index (χ0v) is 12.3. The molecule has 0 aliphatic rings. The van der Waals surface area contributed by atoms with E-state index in [-0.39, 0.29) is 17.7 Å². The highest BCUT2D eigenvalue weighted by molar-refractivity contribution is 5.95. The summed E-state index contributed by atoms with van der Waals surface area (Å²) in [6, 6.07) is 8.46. The van der Waals surface area contributed by atoms with Gasteiger partial charge in [-0.25, -0.2) is 0 Å². The van der Waals surface area contributed by atoms with Crippen molar-refractivity contribution in [3.63, 3.8) is 0 Å². The lowest BCUT2D eigenvalue weighted by Gasteiger charge is -2.17. The third-order valence-electron chi connectivity index (χ3n) is 3.30. The molecule has 0 saturated carbocycles. The van der Waals surface area contributed by atoms with Crippen LogP contribution in [-0.4, -0.2) is 23.8 Å². The van der Waals surface area contributed by atoms with Crippen molar-refractivity contribution in [2.45, 2.75) is 19.9 Å². The molecule has 0 fully saturated rings. The Kier molecular flexibility index (Phi) is 4.42. The molecule has 1 atom stereocenters. The van der Waals surface area contributed by atoms with Gasteiger partial charge in [-0.3, -0.25) is 9.59 Å². The second kappa shape index (κ2) is 6.26. The first-order chi connectivity index (χ1) is 10.0. The smallest absolute Gasteiger partial charge is 0.268 e. The van der Waals surface area contributed by atoms with Crippen LogP contribution in [0, 0.1) is 0 Å². The number of benzene rings is 1. The Morgan fingerprint density at radius 1 is 1.29 bits per heavy atom. The molecule has 0 aliphatic carbocycles. The second-order valence-corrected chi connectivity index (χ2v) is 4.79. The van der Waals surface area contributed by atoms with E-state index in [9.17, 15) is 9.59 Å². The molecule has 0 radical (unpaired) electrons. The topological polar surface area (TPSA) is 71.2 Å². The predicted molar refractivity (Wildman–Crippen MR) is 79.7 cm³/mol. The molecule has 0 aliphatic heterocycles. The normalized spacial score (nSPS) is 11.8. The molecular formula is C16H18N2O3. The molecule has 1 heterocycles. The number of aromatic nitrogens is 1. The van der Waals surface area contributed by atoms with Gasteiger partial charge >= 0.3 is 0 Å². The third-order valence-corrected chi connectivity index (χ3v) is 3.30. The van der Waals surface area contributed by atoms with Gasteiger partial charge in [-0.2, -0.15) is 0 Å². The standard InChI is InChI=1S/C16H18N2O3/c1-10(18-16(20)14-5-4-8-17-14)13-7-6-12(11(2)19)9-15(13)21-3/h4-10,17H,1-3H3,(H,18,20). The molecule has 2 aromatic rings. The number of carbonyl (C=O) groups is 2. The summed E-state index contributed by atoms with van der Waals surface area (Å²) < 4.78 is 5.32. The van der Waals surface area contributed by atoms with Crippen molar-refractivity contribution >= 4 is 11.7 Å². The molecule has 5 nitrogen and oxygen atoms in total. The van der Waals surface area contributed by atoms with Gasteiger partial charge < -0.3 is 15.0 Å². The number of hydrogen-bond acceptors (Lipinski definition) is 3. The van der Waals surface area contributed by atoms with Crippen LogP contribution in [0.4, 0.5) is 0 Å². The van der Waals surface area contributed by atoms with E-state index >= 15 is 0 Å². The third kappa shape index (κ3) is 3.31. The molecule has 0 spiro atoms. The van der Waals surface area contributed by atoms with Crippen molar-refractivity contribution in [2.24, 2.45) is 0 Å². The van der Waals surface area contributed by atoms with Crippen LogP contribution in [-0.2, 0) is 0 Å². The van der Waals surface area contributed by atoms with Gasteiger partial charge in [0, 0.05) is 17.3 Å². The summed E-state index contributed by atoms with van der Waals surface area (Å²) in [4.78, 5) is 26.3. The monoisotopic (exact) mass is 286 g/mol. The summed E-state index contributed by atoms with van der Waals surface area (Å²) in [7, 11) is 1.54. The van der Waals surface area contributed by atoms with E-state index in [1.165, 1.54) is 6.92 Å². The van der Waals surface area contributed by atoms with Crippen molar-refractivity contribution < 1.29 is 14.3 Å². The summed E-state index contributed by atoms with van der Waals surface area (Å²) in [6.07, 6.45) is 1.70. The number of aromatic amines is 1. The molecule has 2 N–H and O–H groups in total. The summed E-state index contributed by atoms with van der Waals surface area (Å²) in [6.45, 7) is 3.37. The predicted octanol–water partition coefficient (Wildman–Crippen LogP) is 2.72. The molecule has 1 unspecified atom stereocenters. The lowest BCUT2D eigenvalue weighted by Crippen LogP contribution is -2.27. The fraction of sp³-hybridized carbons (Fsp3) is 0.250. The Labute approximate surface area is 123 Å². The fourth-order valence-electron chi connectivity index (χ4n) is 2.11. The van der Waals surface area contributed by atoms with Crippen molar-refractivity contribution in [1.29, 1.82) is 0 Å². The van der Waals surface area contributed by atoms with Crippen molar-refractivity contribution in [3.05, 3.63) is 53.3 Å². The Bertz CT molecular complexity index is 648. The maximum atomic E-state index is 12.0. The minimum atomic E-state index is -0.239. The number of rotatable bonds is 5. The number of Topliss-reactive ketones (excluding diaryl/α,β-unsaturated/α-hetero) is 1. The molecule has 1 amide bonds. The number of H-pyrrole nitrogens is 1. The highest BCUT2D eigenvalue weighted by atomic mass is 16.5. The SMILES string of the molecule is COc1cc(C(C)=O)ccc1C(C)NC(=O)c1ccc[nH]1. The van der Waals surface area contributed by atoms with Gasteiger partial charge in [0.05, 0.1) is 13.2 Å². The summed E-state index contributed by atoms with van der Waals surface area (Å²) in [5.41, 5.74) is 1.90. The minimum Gasteiger partial charge on any atom is -0.496 e. The van der Waals surface area contributed by atoms with Gasteiger partial charge in [0.1, 0.15) is 11.4 Å². The molecule has 1 aromatic heterocycles. The van der Waals surface area contributed by atoms with Crippen LogP contribution < -0.4 is 10.1 Å². The average molecular weight is 286 g/mol. The second-order valence-electron chi connectivity index (χ2n) is 4.79. The maximum Gasteiger partial charge on any atom is 0.268 e. The van der Waals surface area contributed by atoms with Crippen LogP contribution in [0.25, 0.3) is 0 Å². The molecule has 1 aromatic carbocycles. The van der Waals surface area contributed by atoms with E-state index in [1.54, 1.807) is 43.6 Å². The van der Waals surface area contributed by atoms with Gasteiger partial charge in [0.2, 0.25) is 0 Å². The van der Waals surface area contributed by atoms with Crippen molar-refractivity contribution in [1.82, 2.24) is 10.3 Å². The van der Waals surface area contributed by atoms with Gasteiger partial charge in [-0.1, -0.05) is 12.1 Å². The molecule has 21 heavy (non-hydrogen) atoms. The fourth-order valence-corrected chi connectivity index (χ4v) is 2.11. The highest BCUT2D eigenvalue weighted by Gasteiger charge is 2.16. The van der Waals surface area contributed by atoms with E-state index < -0.39 is 0 Å². The van der Waals surface area contributed by atoms with Gasteiger partial charge in [-0.15, -0.1) is 0 Å². The number of hydrogen-bond donors (Lipinski definition) is 2. The Morgan fingerprint density at radius 2 is 2.05 bits per heavy atom. The van der Waals surface area contributed by atoms with E-state index in [1.807, 2.05) is 6.92 Å². The number of carbonyl (C=O) groups excluding carboxylic acids is 2. The number of methoxy groups -OCH3 is 1. The van der Waals surface area contributed by atoms with Gasteiger partial charge in [0.15, 0.2) is 5.78 Å². The van der Waals surface area contributed by atoms with Crippen LogP contribution in [0.1, 0.15) is 46.3 Å². The Morgan fingerprint density at radius 3 is 2.62 bits per heavy atom. The molecule has 2 rings (SSSR count). The summed E-state index contributed by atoms with van der Waals surface area (Å²) in [5.74, 6) is 0.370. The first-order valence-electron chi connectivity index (χ1n) is 6.66. The van der Waals surface area contributed by atoms with Crippen LogP contribution in [0.3, 0.4) is 0 Å². The van der Waals surface area contributed by atoms with Gasteiger partial charge in [0.25, 0.3) is 5.91 Å². The van der Waals surface area contributed by atoms with Crippen molar-refractivity contribution in [3.8, 4) is 5.75 Å². The van der Waals surface area contributed by atoms with Crippen molar-refractivity contribution in [2.75, 3.05) is 7.11 Å². The molecule has 0 saturated heterocycles. The molecule has 110 valence electrons. The number of ether oxygens (including phenoxy) is 1. The van der Waals surface area contributed by atoms with E-state index in [0.29, 0.717) is 17.0 Å². The largest absolute Gasteiger partial charge is 0.496 e. The summed E-state index contributed by atoms with van der Waals surface area (Å²) >= 11 is 0. The van der Waals surface area contributed by atoms with Gasteiger partial charge in [-0.05, 0) is 32.0 Å². The Balaban J connectivity index is 2.20. The molecule has 5 heteroatoms. The van der Waals surface area contributed by atoms with E-state index in [0.717, 1.165) is 5.56 Å². The summed E-state index contributed by atoms with van der Waals surface area (Å²) in [5, 5.41) is 2.89. The zero-order valence-electron chi connectivity index (χ0n) is 12.3. The average Bonchev–Trinajstić information content (AvgIpc) is 3.00. The lowest BCUT2D eigenvalue weighted by molar-refractivity contribution is 0.0934. The number of ketones is 1. The quantitative estimate of drug-likeness (QED) is 0.830. The van der Waals surface area contributed by atoms with Crippen LogP contribution in [0.2, 0.25) is 0 Å². The van der Waals surface area contributed by atoms with E-state index in [4.69, 9.17) is 4.74 Å². The number of nitrogens with one attached hydrogen (secondary N) is 2. The minimum absolute atomic E-state index is 0.0251. The van der Waals surface area contributed by atoms with Crippen LogP contribution in [0.5, 0.6) is 5.75 Å². The molecular weight excluding hydrogens is 268 g/mol. The highest BCUT2D eigenvalue weighted by Crippen LogP contribution is 2.26. The number of amides is 1. The maximum absolute atomic E-state index is 12.0. The van der Waals surface area contributed by atoms with E-state index in [2.05, 4.69) is 10.3 Å². The lowest BCUT2D eigenvalue weighted by atomic mass is 10.0. The molecule has 0 bridgehead atoms. The first kappa shape index (κ1) is 14.8.